The van der Waals surface area contributed by atoms with Crippen LogP contribution in [0, 0.1) is 19.3 Å². The zero-order valence-corrected chi connectivity index (χ0v) is 10.1. The van der Waals surface area contributed by atoms with Crippen LogP contribution in [0.3, 0.4) is 0 Å². The summed E-state index contributed by atoms with van der Waals surface area (Å²) in [6.45, 7) is 2.71. The Morgan fingerprint density at radius 1 is 1.56 bits per heavy atom. The minimum atomic E-state index is -0.439. The molecular formula is C14H13N3O. The van der Waals surface area contributed by atoms with Gasteiger partial charge >= 0.3 is 0 Å². The Morgan fingerprint density at radius 3 is 3.06 bits per heavy atom. The fourth-order valence-corrected chi connectivity index (χ4v) is 1.66. The van der Waals surface area contributed by atoms with Crippen molar-refractivity contribution in [1.29, 1.82) is 0 Å². The summed E-state index contributed by atoms with van der Waals surface area (Å²) < 4.78 is 2.03. The molecule has 1 aromatic heterocycles. The molecule has 0 radical (unpaired) electrons. The molecule has 0 aliphatic rings. The number of anilines is 1. The van der Waals surface area contributed by atoms with Gasteiger partial charge in [-0.1, -0.05) is 12.1 Å². The fourth-order valence-electron chi connectivity index (χ4n) is 1.66. The second-order valence-electron chi connectivity index (χ2n) is 3.96. The van der Waals surface area contributed by atoms with E-state index in [1.807, 2.05) is 41.8 Å². The largest absolute Gasteiger partial charge is 0.330 e. The molecule has 1 amide bonds. The van der Waals surface area contributed by atoms with Gasteiger partial charge in [-0.3, -0.25) is 4.79 Å². The molecule has 4 heteroatoms. The first-order chi connectivity index (χ1) is 8.69. The Balaban J connectivity index is 2.15. The molecule has 0 saturated heterocycles. The van der Waals surface area contributed by atoms with Gasteiger partial charge in [-0.2, -0.15) is 0 Å². The quantitative estimate of drug-likeness (QED) is 0.830. The number of nitrogens with zero attached hydrogens (tertiary/aromatic N) is 2. The smallest absolute Gasteiger partial charge is 0.300 e. The van der Waals surface area contributed by atoms with E-state index in [4.69, 9.17) is 6.42 Å². The SMILES string of the molecule is C#CC(=O)Nc1cccc(Cn2cncc2C)c1. The highest BCUT2D eigenvalue weighted by Gasteiger charge is 2.01. The van der Waals surface area contributed by atoms with E-state index >= 15 is 0 Å². The van der Waals surface area contributed by atoms with Gasteiger partial charge in [0.25, 0.3) is 5.91 Å². The van der Waals surface area contributed by atoms with Crippen LogP contribution in [-0.2, 0) is 11.3 Å². The van der Waals surface area contributed by atoms with Crippen LogP contribution >= 0.6 is 0 Å². The number of carbonyl (C=O) groups excluding carboxylic acids is 1. The van der Waals surface area contributed by atoms with Gasteiger partial charge < -0.3 is 9.88 Å². The molecule has 0 fully saturated rings. The van der Waals surface area contributed by atoms with E-state index in [-0.39, 0.29) is 0 Å². The van der Waals surface area contributed by atoms with Crippen LogP contribution in [0.1, 0.15) is 11.3 Å². The van der Waals surface area contributed by atoms with Gasteiger partial charge in [0.15, 0.2) is 0 Å². The number of amides is 1. The number of hydrogen-bond acceptors (Lipinski definition) is 2. The monoisotopic (exact) mass is 239 g/mol. The number of carbonyl (C=O) groups is 1. The molecule has 0 aliphatic carbocycles. The molecule has 0 unspecified atom stereocenters. The van der Waals surface area contributed by atoms with Crippen LogP contribution in [0.5, 0.6) is 0 Å². The maximum Gasteiger partial charge on any atom is 0.300 e. The van der Waals surface area contributed by atoms with Gasteiger partial charge in [0.05, 0.1) is 6.33 Å². The number of nitrogens with one attached hydrogen (secondary N) is 1. The molecule has 2 rings (SSSR count). The van der Waals surface area contributed by atoms with Gasteiger partial charge in [0, 0.05) is 24.1 Å². The summed E-state index contributed by atoms with van der Waals surface area (Å²) in [4.78, 5) is 15.2. The molecule has 4 nitrogen and oxygen atoms in total. The van der Waals surface area contributed by atoms with Gasteiger partial charge in [-0.15, -0.1) is 6.42 Å². The molecule has 0 aliphatic heterocycles. The summed E-state index contributed by atoms with van der Waals surface area (Å²) in [5, 5.41) is 2.63. The van der Waals surface area contributed by atoms with E-state index in [9.17, 15) is 4.79 Å². The van der Waals surface area contributed by atoms with E-state index < -0.39 is 5.91 Å². The first-order valence-corrected chi connectivity index (χ1v) is 5.52. The van der Waals surface area contributed by atoms with Crippen LogP contribution in [0.15, 0.2) is 36.8 Å². The summed E-state index contributed by atoms with van der Waals surface area (Å²) in [6.07, 6.45) is 8.60. The zero-order valence-electron chi connectivity index (χ0n) is 10.1. The predicted octanol–water partition coefficient (Wildman–Crippen LogP) is 1.81. The van der Waals surface area contributed by atoms with Crippen LogP contribution < -0.4 is 5.32 Å². The van der Waals surface area contributed by atoms with Gasteiger partial charge in [-0.05, 0) is 30.5 Å². The lowest BCUT2D eigenvalue weighted by molar-refractivity contribution is -0.111. The lowest BCUT2D eigenvalue weighted by Crippen LogP contribution is -2.08. The third kappa shape index (κ3) is 2.77. The number of rotatable bonds is 3. The van der Waals surface area contributed by atoms with Gasteiger partial charge in [0.1, 0.15) is 0 Å². The van der Waals surface area contributed by atoms with Crippen molar-refractivity contribution >= 4 is 11.6 Å². The lowest BCUT2D eigenvalue weighted by Gasteiger charge is -2.07. The van der Waals surface area contributed by atoms with Crippen molar-refractivity contribution in [3.05, 3.63) is 48.0 Å². The molecule has 1 heterocycles. The number of benzene rings is 1. The second kappa shape index (κ2) is 5.19. The van der Waals surface area contributed by atoms with Crippen molar-refractivity contribution in [2.24, 2.45) is 0 Å². The average molecular weight is 239 g/mol. The highest BCUT2D eigenvalue weighted by molar-refractivity contribution is 6.03. The highest BCUT2D eigenvalue weighted by atomic mass is 16.1. The van der Waals surface area contributed by atoms with E-state index in [1.165, 1.54) is 0 Å². The van der Waals surface area contributed by atoms with Crippen LogP contribution in [0.2, 0.25) is 0 Å². The van der Waals surface area contributed by atoms with E-state index in [0.717, 1.165) is 11.3 Å². The maximum absolute atomic E-state index is 11.1. The molecule has 2 aromatic rings. The molecule has 1 aromatic carbocycles. The molecule has 0 bridgehead atoms. The van der Waals surface area contributed by atoms with Crippen molar-refractivity contribution < 1.29 is 4.79 Å². The van der Waals surface area contributed by atoms with Crippen LogP contribution in [0.4, 0.5) is 5.69 Å². The molecule has 0 atom stereocenters. The Labute approximate surface area is 106 Å². The van der Waals surface area contributed by atoms with Crippen molar-refractivity contribution in [3.63, 3.8) is 0 Å². The molecule has 18 heavy (non-hydrogen) atoms. The number of hydrogen-bond donors (Lipinski definition) is 1. The lowest BCUT2D eigenvalue weighted by atomic mass is 10.2. The third-order valence-corrected chi connectivity index (χ3v) is 2.59. The number of aryl methyl sites for hydroxylation is 1. The molecule has 0 saturated carbocycles. The van der Waals surface area contributed by atoms with Gasteiger partial charge in [-0.25, -0.2) is 4.98 Å². The Kier molecular flexibility index (Phi) is 3.44. The number of terminal acetylenes is 1. The summed E-state index contributed by atoms with van der Waals surface area (Å²) in [7, 11) is 0. The predicted molar refractivity (Wildman–Crippen MR) is 70.0 cm³/mol. The average Bonchev–Trinajstić information content (AvgIpc) is 2.75. The number of aromatic nitrogens is 2. The third-order valence-electron chi connectivity index (χ3n) is 2.59. The van der Waals surface area contributed by atoms with Crippen molar-refractivity contribution in [1.82, 2.24) is 9.55 Å². The Bertz CT molecular complexity index is 607. The highest BCUT2D eigenvalue weighted by Crippen LogP contribution is 2.12. The molecule has 0 spiro atoms. The van der Waals surface area contributed by atoms with Crippen LogP contribution in [0.25, 0.3) is 0 Å². The molecule has 1 N–H and O–H groups in total. The topological polar surface area (TPSA) is 46.9 Å². The summed E-state index contributed by atoms with van der Waals surface area (Å²) in [5.41, 5.74) is 2.87. The fraction of sp³-hybridized carbons (Fsp3) is 0.143. The molecular weight excluding hydrogens is 226 g/mol. The Morgan fingerprint density at radius 2 is 2.39 bits per heavy atom. The van der Waals surface area contributed by atoms with E-state index in [1.54, 1.807) is 12.4 Å². The minimum Gasteiger partial charge on any atom is -0.330 e. The first-order valence-electron chi connectivity index (χ1n) is 5.52. The molecule has 90 valence electrons. The second-order valence-corrected chi connectivity index (χ2v) is 3.96. The summed E-state index contributed by atoms with van der Waals surface area (Å²) >= 11 is 0. The van der Waals surface area contributed by atoms with Crippen LogP contribution in [-0.4, -0.2) is 15.5 Å². The summed E-state index contributed by atoms with van der Waals surface area (Å²) in [5.74, 6) is 1.58. The van der Waals surface area contributed by atoms with Crippen molar-refractivity contribution in [2.75, 3.05) is 5.32 Å². The normalized spacial score (nSPS) is 9.78. The van der Waals surface area contributed by atoms with E-state index in [2.05, 4.69) is 10.3 Å². The first kappa shape index (κ1) is 11.9. The maximum atomic E-state index is 11.1. The van der Waals surface area contributed by atoms with Crippen molar-refractivity contribution in [2.45, 2.75) is 13.5 Å². The zero-order chi connectivity index (χ0) is 13.0. The standard InChI is InChI=1S/C14H13N3O/c1-3-14(18)16-13-6-4-5-12(7-13)9-17-10-15-8-11(17)2/h1,4-8,10H,9H2,2H3,(H,16,18). The Hall–Kier alpha value is -2.54. The number of imidazole rings is 1. The van der Waals surface area contributed by atoms with Gasteiger partial charge in [0.2, 0.25) is 0 Å². The minimum absolute atomic E-state index is 0.439. The van der Waals surface area contributed by atoms with E-state index in [0.29, 0.717) is 12.2 Å². The summed E-state index contributed by atoms with van der Waals surface area (Å²) in [6, 6.07) is 7.58. The van der Waals surface area contributed by atoms with Crippen molar-refractivity contribution in [3.8, 4) is 12.3 Å².